The van der Waals surface area contributed by atoms with Gasteiger partial charge < -0.3 is 5.32 Å². The molecule has 4 nitrogen and oxygen atoms in total. The summed E-state index contributed by atoms with van der Waals surface area (Å²) in [7, 11) is 1.90. The molecule has 0 aliphatic carbocycles. The molecule has 0 fully saturated rings. The number of hydrogen-bond acceptors (Lipinski definition) is 3. The fourth-order valence-corrected chi connectivity index (χ4v) is 4.82. The van der Waals surface area contributed by atoms with Gasteiger partial charge in [0.25, 0.3) is 5.91 Å². The van der Waals surface area contributed by atoms with Gasteiger partial charge in [-0.1, -0.05) is 43.7 Å². The quantitative estimate of drug-likeness (QED) is 0.568. The first-order valence-corrected chi connectivity index (χ1v) is 10.3. The van der Waals surface area contributed by atoms with Crippen LogP contribution in [0, 0.1) is 0 Å². The zero-order valence-electron chi connectivity index (χ0n) is 14.9. The molecule has 1 unspecified atom stereocenters. The van der Waals surface area contributed by atoms with Crippen LogP contribution < -0.4 is 5.32 Å². The molecule has 0 saturated heterocycles. The molecule has 0 aliphatic rings. The Bertz CT molecular complexity index is 872. The average Bonchev–Trinajstić information content (AvgIpc) is 3.21. The summed E-state index contributed by atoms with van der Waals surface area (Å²) in [5, 5.41) is 7.42. The molecule has 26 heavy (non-hydrogen) atoms. The van der Waals surface area contributed by atoms with Crippen molar-refractivity contribution in [2.75, 3.05) is 0 Å². The maximum Gasteiger partial charge on any atom is 0.261 e. The van der Waals surface area contributed by atoms with Crippen LogP contribution >= 0.6 is 27.3 Å². The van der Waals surface area contributed by atoms with Gasteiger partial charge in [-0.05, 0) is 46.5 Å². The van der Waals surface area contributed by atoms with Gasteiger partial charge in [0.15, 0.2) is 0 Å². The van der Waals surface area contributed by atoms with E-state index in [1.54, 1.807) is 6.20 Å². The van der Waals surface area contributed by atoms with Gasteiger partial charge in [-0.2, -0.15) is 5.10 Å². The second-order valence-corrected chi connectivity index (χ2v) is 8.18. The van der Waals surface area contributed by atoms with E-state index in [1.807, 2.05) is 42.1 Å². The van der Waals surface area contributed by atoms with Gasteiger partial charge >= 0.3 is 0 Å². The fourth-order valence-electron chi connectivity index (χ4n) is 2.98. The molecule has 1 aromatic carbocycles. The first kappa shape index (κ1) is 18.9. The van der Waals surface area contributed by atoms with Gasteiger partial charge in [0, 0.05) is 23.8 Å². The maximum absolute atomic E-state index is 12.8. The van der Waals surface area contributed by atoms with Crippen LogP contribution in [0.3, 0.4) is 0 Å². The summed E-state index contributed by atoms with van der Waals surface area (Å²) in [6.07, 6.45) is 4.61. The summed E-state index contributed by atoms with van der Waals surface area (Å²) >= 11 is 5.07. The Morgan fingerprint density at radius 1 is 1.31 bits per heavy atom. The molecular formula is C20H22BrN3OS. The number of benzene rings is 1. The van der Waals surface area contributed by atoms with Gasteiger partial charge in [-0.25, -0.2) is 0 Å². The number of amides is 1. The molecule has 1 atom stereocenters. The normalized spacial score (nSPS) is 12.1. The number of carbonyl (C=O) groups is 1. The van der Waals surface area contributed by atoms with Crippen molar-refractivity contribution >= 4 is 33.2 Å². The van der Waals surface area contributed by atoms with Crippen LogP contribution in [0.2, 0.25) is 0 Å². The summed E-state index contributed by atoms with van der Waals surface area (Å²) in [4.78, 5) is 14.5. The lowest BCUT2D eigenvalue weighted by Crippen LogP contribution is -2.36. The summed E-state index contributed by atoms with van der Waals surface area (Å²) in [6.45, 7) is 2.15. The maximum atomic E-state index is 12.8. The summed E-state index contributed by atoms with van der Waals surface area (Å²) in [6, 6.07) is 14.3. The van der Waals surface area contributed by atoms with E-state index < -0.39 is 0 Å². The molecular weight excluding hydrogens is 410 g/mol. The second-order valence-electron chi connectivity index (χ2n) is 6.28. The lowest BCUT2D eigenvalue weighted by atomic mass is 10.0. The molecule has 0 bridgehead atoms. The number of carbonyl (C=O) groups excluding carboxylic acids is 1. The Labute approximate surface area is 166 Å². The van der Waals surface area contributed by atoms with Crippen molar-refractivity contribution in [1.82, 2.24) is 15.1 Å². The van der Waals surface area contributed by atoms with Gasteiger partial charge in [-0.15, -0.1) is 11.3 Å². The number of nitrogens with one attached hydrogen (secondary N) is 1. The number of aryl methyl sites for hydroxylation is 1. The van der Waals surface area contributed by atoms with Gasteiger partial charge in [-0.3, -0.25) is 9.48 Å². The first-order valence-electron chi connectivity index (χ1n) is 8.71. The van der Waals surface area contributed by atoms with Crippen LogP contribution in [0.25, 0.3) is 10.6 Å². The van der Waals surface area contributed by atoms with Crippen LogP contribution in [0.5, 0.6) is 0 Å². The highest BCUT2D eigenvalue weighted by molar-refractivity contribution is 9.10. The van der Waals surface area contributed by atoms with Crippen molar-refractivity contribution in [3.63, 3.8) is 0 Å². The van der Waals surface area contributed by atoms with Crippen LogP contribution in [0.15, 0.2) is 53.1 Å². The summed E-state index contributed by atoms with van der Waals surface area (Å²) in [5.41, 5.74) is 2.24. The zero-order valence-corrected chi connectivity index (χ0v) is 17.3. The number of nitrogens with zero attached hydrogens (tertiary/aromatic N) is 2. The third-order valence-electron chi connectivity index (χ3n) is 4.26. The minimum Gasteiger partial charge on any atom is -0.348 e. The summed E-state index contributed by atoms with van der Waals surface area (Å²) in [5.74, 6) is -0.0153. The minimum atomic E-state index is -0.0153. The average molecular weight is 432 g/mol. The molecule has 0 saturated carbocycles. The van der Waals surface area contributed by atoms with Crippen molar-refractivity contribution < 1.29 is 4.79 Å². The third-order valence-corrected chi connectivity index (χ3v) is 6.31. The smallest absolute Gasteiger partial charge is 0.261 e. The van der Waals surface area contributed by atoms with Crippen LogP contribution in [0.1, 0.15) is 35.0 Å². The van der Waals surface area contributed by atoms with E-state index in [1.165, 1.54) is 16.9 Å². The van der Waals surface area contributed by atoms with Gasteiger partial charge in [0.05, 0.1) is 15.4 Å². The Morgan fingerprint density at radius 2 is 2.08 bits per heavy atom. The number of halogens is 1. The lowest BCUT2D eigenvalue weighted by Gasteiger charge is -2.17. The Hall–Kier alpha value is -1.92. The van der Waals surface area contributed by atoms with Crippen molar-refractivity contribution in [3.05, 3.63) is 63.6 Å². The van der Waals surface area contributed by atoms with Gasteiger partial charge in [0.2, 0.25) is 0 Å². The highest BCUT2D eigenvalue weighted by Gasteiger charge is 2.19. The molecule has 2 aromatic heterocycles. The van der Waals surface area contributed by atoms with Crippen LogP contribution in [-0.2, 0) is 13.5 Å². The number of rotatable bonds is 7. The van der Waals surface area contributed by atoms with Crippen molar-refractivity contribution in [3.8, 4) is 10.6 Å². The number of thiophene rings is 1. The van der Waals surface area contributed by atoms with Gasteiger partial charge in [0.1, 0.15) is 0 Å². The monoisotopic (exact) mass is 431 g/mol. The predicted octanol–water partition coefficient (Wildman–Crippen LogP) is 5.05. The van der Waals surface area contributed by atoms with E-state index in [0.717, 1.165) is 34.3 Å². The lowest BCUT2D eigenvalue weighted by molar-refractivity contribution is 0.0939. The van der Waals surface area contributed by atoms with E-state index >= 15 is 0 Å². The van der Waals surface area contributed by atoms with Crippen molar-refractivity contribution in [1.29, 1.82) is 0 Å². The minimum absolute atomic E-state index is 0.0153. The van der Waals surface area contributed by atoms with E-state index in [2.05, 4.69) is 45.4 Å². The van der Waals surface area contributed by atoms with Crippen LogP contribution in [0.4, 0.5) is 0 Å². The molecule has 3 aromatic rings. The summed E-state index contributed by atoms with van der Waals surface area (Å²) < 4.78 is 2.74. The highest BCUT2D eigenvalue weighted by Crippen LogP contribution is 2.36. The SMILES string of the molecule is CCCC(Cc1ccccc1)NC(=O)c1cc(Br)c(-c2ccnn2C)s1. The predicted molar refractivity (Wildman–Crippen MR) is 111 cm³/mol. The standard InChI is InChI=1S/C20H22BrN3OS/c1-3-7-15(12-14-8-5-4-6-9-14)23-20(25)18-13-16(21)19(26-18)17-10-11-22-24(17)2/h4-6,8-11,13,15H,3,7,12H2,1-2H3,(H,23,25). The molecule has 136 valence electrons. The number of aromatic nitrogens is 2. The van der Waals surface area contributed by atoms with E-state index in [9.17, 15) is 4.79 Å². The van der Waals surface area contributed by atoms with E-state index in [0.29, 0.717) is 4.88 Å². The van der Waals surface area contributed by atoms with Crippen molar-refractivity contribution in [2.24, 2.45) is 7.05 Å². The molecule has 1 N–H and O–H groups in total. The Morgan fingerprint density at radius 3 is 2.73 bits per heavy atom. The highest BCUT2D eigenvalue weighted by atomic mass is 79.9. The molecule has 2 heterocycles. The molecule has 0 spiro atoms. The van der Waals surface area contributed by atoms with E-state index in [4.69, 9.17) is 0 Å². The topological polar surface area (TPSA) is 46.9 Å². The Kier molecular flexibility index (Phi) is 6.27. The molecule has 0 radical (unpaired) electrons. The van der Waals surface area contributed by atoms with Crippen molar-refractivity contribution in [2.45, 2.75) is 32.2 Å². The molecule has 0 aliphatic heterocycles. The molecule has 6 heteroatoms. The van der Waals surface area contributed by atoms with Crippen LogP contribution in [-0.4, -0.2) is 21.7 Å². The fraction of sp³-hybridized carbons (Fsp3) is 0.300. The van der Waals surface area contributed by atoms with E-state index in [-0.39, 0.29) is 11.9 Å². The zero-order chi connectivity index (χ0) is 18.5. The third kappa shape index (κ3) is 4.43. The first-order chi connectivity index (χ1) is 12.6. The Balaban J connectivity index is 1.74. The number of hydrogen-bond donors (Lipinski definition) is 1. The molecule has 1 amide bonds. The molecule has 3 rings (SSSR count). The second kappa shape index (κ2) is 8.64. The largest absolute Gasteiger partial charge is 0.348 e.